The Morgan fingerprint density at radius 1 is 1.41 bits per heavy atom. The number of aromatic nitrogens is 3. The summed E-state index contributed by atoms with van der Waals surface area (Å²) in [5.41, 5.74) is 0. The number of halogens is 1. The van der Waals surface area contributed by atoms with Gasteiger partial charge in [0, 0.05) is 29.8 Å². The molecule has 1 aromatic rings. The van der Waals surface area contributed by atoms with Gasteiger partial charge in [0.05, 0.1) is 6.61 Å². The van der Waals surface area contributed by atoms with E-state index < -0.39 is 9.05 Å². The molecule has 1 heterocycles. The number of hydrogen-bond acceptors (Lipinski definition) is 5. The summed E-state index contributed by atoms with van der Waals surface area (Å²) in [5.74, 6) is 0.563. The fourth-order valence-corrected chi connectivity index (χ4v) is 2.48. The summed E-state index contributed by atoms with van der Waals surface area (Å²) >= 11 is 0. The van der Waals surface area contributed by atoms with E-state index in [0.29, 0.717) is 25.5 Å². The summed E-state index contributed by atoms with van der Waals surface area (Å²) in [6, 6.07) is -0.0786. The first-order valence-electron chi connectivity index (χ1n) is 5.34. The van der Waals surface area contributed by atoms with Gasteiger partial charge in [0.2, 0.25) is 0 Å². The zero-order valence-corrected chi connectivity index (χ0v) is 11.6. The first-order valence-corrected chi connectivity index (χ1v) is 7.65. The van der Waals surface area contributed by atoms with Crippen molar-refractivity contribution in [3.8, 4) is 0 Å². The predicted octanol–water partition coefficient (Wildman–Crippen LogP) is 1.37. The van der Waals surface area contributed by atoms with Gasteiger partial charge >= 0.3 is 0 Å². The Balaban J connectivity index is 3.03. The summed E-state index contributed by atoms with van der Waals surface area (Å²) in [4.78, 5) is 0. The van der Waals surface area contributed by atoms with Gasteiger partial charge < -0.3 is 4.74 Å². The maximum Gasteiger partial charge on any atom is 0.296 e. The van der Waals surface area contributed by atoms with Crippen LogP contribution in [0.5, 0.6) is 0 Å². The molecule has 6 nitrogen and oxygen atoms in total. The molecule has 0 amide bonds. The summed E-state index contributed by atoms with van der Waals surface area (Å²) in [5, 5.41) is 7.26. The lowest BCUT2D eigenvalue weighted by molar-refractivity contribution is 0.148. The SMILES string of the molecule is CCOCCc1nnc(S(=O)(=O)Cl)n1C(C)C. The van der Waals surface area contributed by atoms with Crippen LogP contribution in [0.3, 0.4) is 0 Å². The van der Waals surface area contributed by atoms with Gasteiger partial charge in [-0.2, -0.15) is 0 Å². The third-order valence-electron chi connectivity index (χ3n) is 2.14. The quantitative estimate of drug-likeness (QED) is 0.581. The van der Waals surface area contributed by atoms with E-state index in [1.165, 1.54) is 4.57 Å². The largest absolute Gasteiger partial charge is 0.381 e. The van der Waals surface area contributed by atoms with Crippen LogP contribution in [0.4, 0.5) is 0 Å². The van der Waals surface area contributed by atoms with Crippen LogP contribution in [-0.2, 0) is 20.2 Å². The van der Waals surface area contributed by atoms with Crippen LogP contribution >= 0.6 is 10.7 Å². The standard InChI is InChI=1S/C9H16ClN3O3S/c1-4-16-6-5-8-11-12-9(17(10,14)15)13(8)7(2)3/h7H,4-6H2,1-3H3. The van der Waals surface area contributed by atoms with Gasteiger partial charge in [-0.05, 0) is 20.8 Å². The average Bonchev–Trinajstić information content (AvgIpc) is 2.61. The van der Waals surface area contributed by atoms with E-state index in [1.807, 2.05) is 20.8 Å². The third-order valence-corrected chi connectivity index (χ3v) is 3.27. The van der Waals surface area contributed by atoms with Crippen molar-refractivity contribution in [1.29, 1.82) is 0 Å². The maximum absolute atomic E-state index is 11.3. The molecule has 0 N–H and O–H groups in total. The Morgan fingerprint density at radius 2 is 2.06 bits per heavy atom. The van der Waals surface area contributed by atoms with Gasteiger partial charge in [0.1, 0.15) is 5.82 Å². The van der Waals surface area contributed by atoms with Crippen LogP contribution < -0.4 is 0 Å². The zero-order valence-electron chi connectivity index (χ0n) is 10.1. The topological polar surface area (TPSA) is 74.1 Å². The Morgan fingerprint density at radius 3 is 2.53 bits per heavy atom. The molecule has 0 aromatic carbocycles. The molecule has 0 saturated heterocycles. The lowest BCUT2D eigenvalue weighted by atomic mass is 10.3. The molecule has 0 saturated carbocycles. The molecule has 0 aliphatic heterocycles. The first kappa shape index (κ1) is 14.4. The molecule has 0 bridgehead atoms. The summed E-state index contributed by atoms with van der Waals surface area (Å²) < 4.78 is 29.3. The molecule has 0 spiro atoms. The van der Waals surface area contributed by atoms with Gasteiger partial charge in [-0.3, -0.25) is 4.57 Å². The van der Waals surface area contributed by atoms with E-state index in [9.17, 15) is 8.42 Å². The van der Waals surface area contributed by atoms with E-state index in [0.717, 1.165) is 0 Å². The van der Waals surface area contributed by atoms with Crippen molar-refractivity contribution in [2.45, 2.75) is 38.4 Å². The van der Waals surface area contributed by atoms with Crippen LogP contribution in [0.25, 0.3) is 0 Å². The van der Waals surface area contributed by atoms with Gasteiger partial charge in [-0.15, -0.1) is 10.2 Å². The second kappa shape index (κ2) is 5.79. The lowest BCUT2D eigenvalue weighted by Gasteiger charge is -2.12. The molecule has 0 atom stereocenters. The second-order valence-electron chi connectivity index (χ2n) is 3.75. The molecule has 8 heteroatoms. The minimum absolute atomic E-state index is 0.0786. The third kappa shape index (κ3) is 3.65. The van der Waals surface area contributed by atoms with Crippen LogP contribution in [0.15, 0.2) is 5.16 Å². The van der Waals surface area contributed by atoms with Crippen molar-refractivity contribution < 1.29 is 13.2 Å². The Bertz CT molecular complexity index is 470. The highest BCUT2D eigenvalue weighted by molar-refractivity contribution is 8.13. The highest BCUT2D eigenvalue weighted by Crippen LogP contribution is 2.19. The van der Waals surface area contributed by atoms with Crippen LogP contribution in [-0.4, -0.2) is 36.4 Å². The Hall–Kier alpha value is -0.660. The molecule has 0 fully saturated rings. The van der Waals surface area contributed by atoms with Gasteiger partial charge in [0.25, 0.3) is 14.2 Å². The van der Waals surface area contributed by atoms with Crippen LogP contribution in [0.2, 0.25) is 0 Å². The van der Waals surface area contributed by atoms with Gasteiger partial charge in [-0.1, -0.05) is 0 Å². The minimum Gasteiger partial charge on any atom is -0.381 e. The van der Waals surface area contributed by atoms with E-state index in [1.54, 1.807) is 0 Å². The lowest BCUT2D eigenvalue weighted by Crippen LogP contribution is -2.13. The summed E-state index contributed by atoms with van der Waals surface area (Å²) in [7, 11) is 1.43. The Labute approximate surface area is 105 Å². The molecule has 0 aliphatic rings. The second-order valence-corrected chi connectivity index (χ2v) is 6.21. The van der Waals surface area contributed by atoms with Crippen molar-refractivity contribution in [3.63, 3.8) is 0 Å². The average molecular weight is 282 g/mol. The first-order chi connectivity index (χ1) is 7.88. The maximum atomic E-state index is 11.3. The highest BCUT2D eigenvalue weighted by atomic mass is 35.7. The molecule has 0 radical (unpaired) electrons. The van der Waals surface area contributed by atoms with Crippen molar-refractivity contribution in [3.05, 3.63) is 5.82 Å². The monoisotopic (exact) mass is 281 g/mol. The van der Waals surface area contributed by atoms with Crippen molar-refractivity contribution >= 4 is 19.7 Å². The zero-order chi connectivity index (χ0) is 13.1. The molecule has 98 valence electrons. The molecule has 1 aromatic heterocycles. The smallest absolute Gasteiger partial charge is 0.296 e. The Kier molecular flexibility index (Phi) is 4.91. The van der Waals surface area contributed by atoms with E-state index >= 15 is 0 Å². The molecule has 17 heavy (non-hydrogen) atoms. The molecule has 1 rings (SSSR count). The number of hydrogen-bond donors (Lipinski definition) is 0. The summed E-state index contributed by atoms with van der Waals surface area (Å²) in [6.07, 6.45) is 0.505. The fourth-order valence-electron chi connectivity index (χ4n) is 1.47. The normalized spacial score (nSPS) is 12.3. The molecule has 0 unspecified atom stereocenters. The van der Waals surface area contributed by atoms with E-state index in [4.69, 9.17) is 15.4 Å². The van der Waals surface area contributed by atoms with Crippen molar-refractivity contribution in [1.82, 2.24) is 14.8 Å². The predicted molar refractivity (Wildman–Crippen MR) is 63.6 cm³/mol. The molecular formula is C9H16ClN3O3S. The minimum atomic E-state index is -3.87. The van der Waals surface area contributed by atoms with Gasteiger partial charge in [-0.25, -0.2) is 8.42 Å². The molecular weight excluding hydrogens is 266 g/mol. The van der Waals surface area contributed by atoms with Crippen LogP contribution in [0.1, 0.15) is 32.6 Å². The fraction of sp³-hybridized carbons (Fsp3) is 0.778. The van der Waals surface area contributed by atoms with E-state index in [2.05, 4.69) is 10.2 Å². The number of nitrogens with zero attached hydrogens (tertiary/aromatic N) is 3. The number of ether oxygens (including phenoxy) is 1. The number of rotatable bonds is 6. The summed E-state index contributed by atoms with van der Waals surface area (Å²) in [6.45, 7) is 6.67. The van der Waals surface area contributed by atoms with Crippen molar-refractivity contribution in [2.75, 3.05) is 13.2 Å². The molecule has 0 aliphatic carbocycles. The highest BCUT2D eigenvalue weighted by Gasteiger charge is 2.23. The van der Waals surface area contributed by atoms with Gasteiger partial charge in [0.15, 0.2) is 0 Å². The van der Waals surface area contributed by atoms with E-state index in [-0.39, 0.29) is 11.2 Å². The van der Waals surface area contributed by atoms with Crippen LogP contribution in [0, 0.1) is 0 Å². The van der Waals surface area contributed by atoms with Crippen molar-refractivity contribution in [2.24, 2.45) is 0 Å².